The summed E-state index contributed by atoms with van der Waals surface area (Å²) in [7, 11) is 0. The molecule has 0 amide bonds. The van der Waals surface area contributed by atoms with E-state index in [0.717, 1.165) is 31.2 Å². The number of hydrogen-bond donors (Lipinski definition) is 2. The highest BCUT2D eigenvalue weighted by Gasteiger charge is 2.33. The molecule has 0 spiro atoms. The van der Waals surface area contributed by atoms with Gasteiger partial charge in [-0.2, -0.15) is 0 Å². The smallest absolute Gasteiger partial charge is 0.0771 e. The maximum atomic E-state index is 10.6. The van der Waals surface area contributed by atoms with Crippen molar-refractivity contribution in [1.29, 1.82) is 0 Å². The van der Waals surface area contributed by atoms with Crippen LogP contribution in [0.15, 0.2) is 0 Å². The van der Waals surface area contributed by atoms with Gasteiger partial charge in [0.1, 0.15) is 0 Å². The van der Waals surface area contributed by atoms with Crippen molar-refractivity contribution in [3.63, 3.8) is 0 Å². The van der Waals surface area contributed by atoms with E-state index in [9.17, 15) is 5.11 Å². The van der Waals surface area contributed by atoms with E-state index >= 15 is 0 Å². The second-order valence-corrected chi connectivity index (χ2v) is 6.91. The van der Waals surface area contributed by atoms with E-state index in [1.807, 2.05) is 0 Å². The summed E-state index contributed by atoms with van der Waals surface area (Å²) in [4.78, 5) is 0. The molecule has 0 aromatic heterocycles. The van der Waals surface area contributed by atoms with Crippen LogP contribution in [-0.4, -0.2) is 23.3 Å². The molecule has 18 heavy (non-hydrogen) atoms. The maximum absolute atomic E-state index is 10.6. The first kappa shape index (κ1) is 14.3. The minimum Gasteiger partial charge on any atom is -0.389 e. The molecule has 0 aromatic rings. The SMILES string of the molecule is CCC1CCC(O)(CNC2CCC(C)CC2)CC1. The maximum Gasteiger partial charge on any atom is 0.0771 e. The molecule has 2 N–H and O–H groups in total. The van der Waals surface area contributed by atoms with E-state index in [4.69, 9.17) is 0 Å². The molecule has 2 nitrogen and oxygen atoms in total. The molecule has 0 saturated heterocycles. The van der Waals surface area contributed by atoms with Gasteiger partial charge in [-0.05, 0) is 63.2 Å². The molecule has 2 heteroatoms. The first-order valence-corrected chi connectivity index (χ1v) is 8.07. The highest BCUT2D eigenvalue weighted by atomic mass is 16.3. The zero-order chi connectivity index (χ0) is 13.0. The fraction of sp³-hybridized carbons (Fsp3) is 1.00. The van der Waals surface area contributed by atoms with Crippen molar-refractivity contribution < 1.29 is 5.11 Å². The van der Waals surface area contributed by atoms with Gasteiger partial charge in [0.25, 0.3) is 0 Å². The lowest BCUT2D eigenvalue weighted by Gasteiger charge is -2.38. The van der Waals surface area contributed by atoms with E-state index in [0.29, 0.717) is 6.04 Å². The first-order chi connectivity index (χ1) is 8.61. The zero-order valence-corrected chi connectivity index (χ0v) is 12.3. The number of aliphatic hydroxyl groups is 1. The summed E-state index contributed by atoms with van der Waals surface area (Å²) >= 11 is 0. The van der Waals surface area contributed by atoms with Gasteiger partial charge in [0.05, 0.1) is 5.60 Å². The number of hydrogen-bond acceptors (Lipinski definition) is 2. The summed E-state index contributed by atoms with van der Waals surface area (Å²) in [5.41, 5.74) is -0.408. The first-order valence-electron chi connectivity index (χ1n) is 8.07. The van der Waals surface area contributed by atoms with Gasteiger partial charge < -0.3 is 10.4 Å². The van der Waals surface area contributed by atoms with Gasteiger partial charge in [-0.1, -0.05) is 20.3 Å². The predicted molar refractivity (Wildman–Crippen MR) is 76.6 cm³/mol. The molecule has 0 bridgehead atoms. The summed E-state index contributed by atoms with van der Waals surface area (Å²) in [5, 5.41) is 14.2. The molecular formula is C16H31NO. The van der Waals surface area contributed by atoms with E-state index in [1.165, 1.54) is 44.9 Å². The Labute approximate surface area is 113 Å². The van der Waals surface area contributed by atoms with Gasteiger partial charge >= 0.3 is 0 Å². The van der Waals surface area contributed by atoms with Crippen molar-refractivity contribution in [1.82, 2.24) is 5.32 Å². The van der Waals surface area contributed by atoms with Crippen molar-refractivity contribution in [3.05, 3.63) is 0 Å². The summed E-state index contributed by atoms with van der Waals surface area (Å²) in [6.07, 6.45) is 11.0. The van der Waals surface area contributed by atoms with Crippen LogP contribution < -0.4 is 5.32 Å². The third kappa shape index (κ3) is 3.96. The Kier molecular flexibility index (Phi) is 5.08. The van der Waals surface area contributed by atoms with Crippen molar-refractivity contribution in [3.8, 4) is 0 Å². The molecule has 0 aliphatic heterocycles. The molecule has 2 saturated carbocycles. The summed E-state index contributed by atoms with van der Waals surface area (Å²) in [6.45, 7) is 5.45. The molecular weight excluding hydrogens is 222 g/mol. The lowest BCUT2D eigenvalue weighted by atomic mass is 9.77. The average Bonchev–Trinajstić information content (AvgIpc) is 2.39. The fourth-order valence-corrected chi connectivity index (χ4v) is 3.60. The normalized spacial score (nSPS) is 41.8. The second kappa shape index (κ2) is 6.38. The van der Waals surface area contributed by atoms with E-state index in [2.05, 4.69) is 19.2 Å². The summed E-state index contributed by atoms with van der Waals surface area (Å²) < 4.78 is 0. The van der Waals surface area contributed by atoms with Crippen LogP contribution >= 0.6 is 0 Å². The Morgan fingerprint density at radius 1 is 1.06 bits per heavy atom. The van der Waals surface area contributed by atoms with Crippen LogP contribution in [0.4, 0.5) is 0 Å². The average molecular weight is 253 g/mol. The standard InChI is InChI=1S/C16H31NO/c1-3-14-8-10-16(18,11-9-14)12-17-15-6-4-13(2)5-7-15/h13-15,17-18H,3-12H2,1-2H3. The molecule has 0 atom stereocenters. The minimum atomic E-state index is -0.408. The van der Waals surface area contributed by atoms with Crippen LogP contribution in [0.2, 0.25) is 0 Å². The molecule has 0 radical (unpaired) electrons. The number of rotatable bonds is 4. The van der Waals surface area contributed by atoms with Crippen molar-refractivity contribution in [2.45, 2.75) is 83.3 Å². The van der Waals surface area contributed by atoms with Crippen LogP contribution in [0, 0.1) is 11.8 Å². The van der Waals surface area contributed by atoms with E-state index in [-0.39, 0.29) is 0 Å². The Morgan fingerprint density at radius 3 is 2.22 bits per heavy atom. The van der Waals surface area contributed by atoms with Crippen LogP contribution in [0.5, 0.6) is 0 Å². The molecule has 2 aliphatic rings. The Hall–Kier alpha value is -0.0800. The van der Waals surface area contributed by atoms with Gasteiger partial charge in [0.2, 0.25) is 0 Å². The number of nitrogens with one attached hydrogen (secondary N) is 1. The van der Waals surface area contributed by atoms with E-state index in [1.54, 1.807) is 0 Å². The largest absolute Gasteiger partial charge is 0.389 e. The van der Waals surface area contributed by atoms with Crippen LogP contribution in [0.25, 0.3) is 0 Å². The molecule has 2 rings (SSSR count). The highest BCUT2D eigenvalue weighted by Crippen LogP contribution is 2.33. The van der Waals surface area contributed by atoms with Crippen LogP contribution in [-0.2, 0) is 0 Å². The van der Waals surface area contributed by atoms with Crippen LogP contribution in [0.1, 0.15) is 71.6 Å². The van der Waals surface area contributed by atoms with Gasteiger partial charge in [0, 0.05) is 12.6 Å². The summed E-state index contributed by atoms with van der Waals surface area (Å²) in [5.74, 6) is 1.77. The van der Waals surface area contributed by atoms with Gasteiger partial charge in [-0.25, -0.2) is 0 Å². The quantitative estimate of drug-likeness (QED) is 0.804. The third-order valence-electron chi connectivity index (χ3n) is 5.35. The topological polar surface area (TPSA) is 32.3 Å². The minimum absolute atomic E-state index is 0.408. The molecule has 106 valence electrons. The van der Waals surface area contributed by atoms with Crippen molar-refractivity contribution in [2.24, 2.45) is 11.8 Å². The van der Waals surface area contributed by atoms with E-state index < -0.39 is 5.60 Å². The lowest BCUT2D eigenvalue weighted by Crippen LogP contribution is -2.47. The molecule has 0 heterocycles. The molecule has 0 aromatic carbocycles. The predicted octanol–water partition coefficient (Wildman–Crippen LogP) is 3.49. The van der Waals surface area contributed by atoms with Gasteiger partial charge in [-0.3, -0.25) is 0 Å². The van der Waals surface area contributed by atoms with Gasteiger partial charge in [-0.15, -0.1) is 0 Å². The zero-order valence-electron chi connectivity index (χ0n) is 12.3. The monoisotopic (exact) mass is 253 g/mol. The van der Waals surface area contributed by atoms with Crippen molar-refractivity contribution >= 4 is 0 Å². The Morgan fingerprint density at radius 2 is 1.67 bits per heavy atom. The Bertz CT molecular complexity index is 237. The van der Waals surface area contributed by atoms with Gasteiger partial charge in [0.15, 0.2) is 0 Å². The lowest BCUT2D eigenvalue weighted by molar-refractivity contribution is -0.0117. The fourth-order valence-electron chi connectivity index (χ4n) is 3.60. The molecule has 0 unspecified atom stereocenters. The third-order valence-corrected chi connectivity index (χ3v) is 5.35. The molecule has 2 fully saturated rings. The summed E-state index contributed by atoms with van der Waals surface area (Å²) in [6, 6.07) is 0.661. The van der Waals surface area contributed by atoms with Crippen molar-refractivity contribution in [2.75, 3.05) is 6.54 Å². The highest BCUT2D eigenvalue weighted by molar-refractivity contribution is 4.88. The molecule has 2 aliphatic carbocycles. The second-order valence-electron chi connectivity index (χ2n) is 6.91. The Balaban J connectivity index is 1.69. The van der Waals surface area contributed by atoms with Crippen LogP contribution in [0.3, 0.4) is 0 Å².